The molecular weight excluding hydrogens is 364 g/mol. The molecule has 0 aromatic heterocycles. The monoisotopic (exact) mass is 410 g/mol. The van der Waals surface area contributed by atoms with Crippen molar-refractivity contribution in [1.82, 2.24) is 5.32 Å². The van der Waals surface area contributed by atoms with Crippen LogP contribution in [0.1, 0.15) is 91.9 Å². The Morgan fingerprint density at radius 3 is 2.60 bits per heavy atom. The van der Waals surface area contributed by atoms with Crippen LogP contribution in [0.5, 0.6) is 0 Å². The maximum absolute atomic E-state index is 7.14. The number of fused-ring (bicyclic) bond motifs is 7. The zero-order chi connectivity index (χ0) is 21.4. The van der Waals surface area contributed by atoms with E-state index in [0.29, 0.717) is 22.3 Å². The van der Waals surface area contributed by atoms with Crippen LogP contribution in [-0.2, 0) is 0 Å². The van der Waals surface area contributed by atoms with E-state index in [2.05, 4.69) is 51.7 Å². The van der Waals surface area contributed by atoms with Gasteiger partial charge in [-0.25, -0.2) is 0 Å². The molecule has 5 aliphatic carbocycles. The smallest absolute Gasteiger partial charge is 0.0377 e. The zero-order valence-corrected chi connectivity index (χ0v) is 20.1. The summed E-state index contributed by atoms with van der Waals surface area (Å²) in [6, 6.07) is 0. The average molecular weight is 411 g/mol. The van der Waals surface area contributed by atoms with Crippen molar-refractivity contribution < 1.29 is 0 Å². The Bertz CT molecular complexity index is 737. The lowest BCUT2D eigenvalue weighted by Crippen LogP contribution is -2.61. The van der Waals surface area contributed by atoms with Gasteiger partial charge in [-0.1, -0.05) is 44.9 Å². The highest BCUT2D eigenvalue weighted by Gasteiger charge is 2.67. The molecule has 2 nitrogen and oxygen atoms in total. The maximum Gasteiger partial charge on any atom is 0.0377 e. The molecule has 0 spiro atoms. The van der Waals surface area contributed by atoms with E-state index in [0.717, 1.165) is 36.6 Å². The summed E-state index contributed by atoms with van der Waals surface area (Å²) < 4.78 is 0. The third-order valence-corrected chi connectivity index (χ3v) is 11.6. The Labute approximate surface area is 185 Å². The van der Waals surface area contributed by atoms with Gasteiger partial charge in [0.15, 0.2) is 0 Å². The van der Waals surface area contributed by atoms with Crippen molar-refractivity contribution in [2.75, 3.05) is 6.54 Å². The summed E-state index contributed by atoms with van der Waals surface area (Å²) in [5.74, 6) is 4.25. The van der Waals surface area contributed by atoms with Gasteiger partial charge in [0, 0.05) is 11.1 Å². The minimum atomic E-state index is -0.169. The lowest BCUT2D eigenvalue weighted by Gasteiger charge is -2.61. The van der Waals surface area contributed by atoms with E-state index >= 15 is 0 Å². The molecule has 0 saturated heterocycles. The van der Waals surface area contributed by atoms with Crippen molar-refractivity contribution in [2.24, 2.45) is 46.2 Å². The van der Waals surface area contributed by atoms with Crippen LogP contribution in [0.15, 0.2) is 24.3 Å². The molecule has 4 fully saturated rings. The molecule has 3 N–H and O–H groups in total. The molecule has 9 unspecified atom stereocenters. The first-order valence-corrected chi connectivity index (χ1v) is 13.1. The van der Waals surface area contributed by atoms with Crippen molar-refractivity contribution in [3.8, 4) is 0 Å². The topological polar surface area (TPSA) is 38.0 Å². The second-order valence-electron chi connectivity index (χ2n) is 12.6. The molecule has 30 heavy (non-hydrogen) atoms. The van der Waals surface area contributed by atoms with Crippen LogP contribution in [-0.4, -0.2) is 17.6 Å². The number of rotatable bonds is 4. The normalized spacial score (nSPS) is 54.6. The minimum Gasteiger partial charge on any atom is -0.322 e. The van der Waals surface area contributed by atoms with E-state index in [-0.39, 0.29) is 5.54 Å². The first kappa shape index (κ1) is 21.3. The first-order valence-electron chi connectivity index (χ1n) is 13.1. The van der Waals surface area contributed by atoms with E-state index < -0.39 is 0 Å². The molecule has 0 aliphatic heterocycles. The van der Waals surface area contributed by atoms with E-state index in [4.69, 9.17) is 5.73 Å². The molecule has 0 aromatic carbocycles. The Balaban J connectivity index is 1.50. The van der Waals surface area contributed by atoms with Gasteiger partial charge in [-0.15, -0.1) is 6.58 Å². The summed E-state index contributed by atoms with van der Waals surface area (Å²) in [4.78, 5) is 0. The third-order valence-electron chi connectivity index (χ3n) is 11.6. The average Bonchev–Trinajstić information content (AvgIpc) is 3.24. The van der Waals surface area contributed by atoms with Gasteiger partial charge < -0.3 is 11.1 Å². The van der Waals surface area contributed by atoms with Crippen molar-refractivity contribution >= 4 is 0 Å². The fourth-order valence-corrected chi connectivity index (χ4v) is 10.5. The van der Waals surface area contributed by atoms with E-state index in [1.54, 1.807) is 0 Å². The summed E-state index contributed by atoms with van der Waals surface area (Å²) in [6.45, 7) is 15.1. The van der Waals surface area contributed by atoms with E-state index in [1.807, 2.05) is 0 Å². The number of hydrogen-bond acceptors (Lipinski definition) is 2. The van der Waals surface area contributed by atoms with Crippen molar-refractivity contribution in [3.05, 3.63) is 24.3 Å². The van der Waals surface area contributed by atoms with Crippen molar-refractivity contribution in [1.29, 1.82) is 0 Å². The van der Waals surface area contributed by atoms with Crippen LogP contribution in [0.4, 0.5) is 0 Å². The fraction of sp³-hybridized carbons (Fsp3) is 0.857. The SMILES string of the molecule is C=CCC1=CCC2(C)C(CCC3(C)C4CCC5(NCC)CCCC5C4CC32)C1(C)N. The number of hydrogen-bond donors (Lipinski definition) is 2. The van der Waals surface area contributed by atoms with Crippen LogP contribution >= 0.6 is 0 Å². The fourth-order valence-electron chi connectivity index (χ4n) is 10.5. The number of nitrogens with one attached hydrogen (secondary N) is 1. The predicted octanol–water partition coefficient (Wildman–Crippen LogP) is 6.23. The molecule has 5 rings (SSSR count). The first-order chi connectivity index (χ1) is 14.2. The summed E-state index contributed by atoms with van der Waals surface area (Å²) in [6.07, 6.45) is 18.2. The van der Waals surface area contributed by atoms with Gasteiger partial charge in [0.2, 0.25) is 0 Å². The summed E-state index contributed by atoms with van der Waals surface area (Å²) in [5.41, 5.74) is 9.76. The molecule has 0 amide bonds. The van der Waals surface area contributed by atoms with Gasteiger partial charge in [-0.3, -0.25) is 0 Å². The van der Waals surface area contributed by atoms with Crippen LogP contribution in [0, 0.1) is 40.4 Å². The molecule has 168 valence electrons. The molecule has 0 radical (unpaired) electrons. The lowest BCUT2D eigenvalue weighted by atomic mass is 9.44. The molecule has 0 bridgehead atoms. The van der Waals surface area contributed by atoms with Gasteiger partial charge in [0.1, 0.15) is 0 Å². The largest absolute Gasteiger partial charge is 0.322 e. The third kappa shape index (κ3) is 2.62. The quantitative estimate of drug-likeness (QED) is 0.539. The summed E-state index contributed by atoms with van der Waals surface area (Å²) in [7, 11) is 0. The molecule has 5 aliphatic rings. The van der Waals surface area contributed by atoms with Crippen LogP contribution in [0.25, 0.3) is 0 Å². The maximum atomic E-state index is 7.14. The lowest BCUT2D eigenvalue weighted by molar-refractivity contribution is -0.0841. The molecular formula is C28H46N2. The number of allylic oxidation sites excluding steroid dienone is 2. The molecule has 0 aromatic rings. The minimum absolute atomic E-state index is 0.169. The predicted molar refractivity (Wildman–Crippen MR) is 127 cm³/mol. The van der Waals surface area contributed by atoms with Crippen LogP contribution in [0.3, 0.4) is 0 Å². The molecule has 2 heteroatoms. The van der Waals surface area contributed by atoms with Crippen molar-refractivity contribution in [3.63, 3.8) is 0 Å². The van der Waals surface area contributed by atoms with Crippen LogP contribution in [0.2, 0.25) is 0 Å². The zero-order valence-electron chi connectivity index (χ0n) is 20.1. The van der Waals surface area contributed by atoms with E-state index in [1.165, 1.54) is 63.4 Å². The van der Waals surface area contributed by atoms with Crippen molar-refractivity contribution in [2.45, 2.75) is 103 Å². The van der Waals surface area contributed by atoms with Gasteiger partial charge in [0.25, 0.3) is 0 Å². The highest BCUT2D eigenvalue weighted by atomic mass is 15.0. The Hall–Kier alpha value is -0.600. The second kappa shape index (κ2) is 6.95. The highest BCUT2D eigenvalue weighted by Crippen LogP contribution is 2.73. The van der Waals surface area contributed by atoms with E-state index in [9.17, 15) is 0 Å². The molecule has 0 heterocycles. The van der Waals surface area contributed by atoms with Gasteiger partial charge >= 0.3 is 0 Å². The van der Waals surface area contributed by atoms with Gasteiger partial charge in [-0.05, 0) is 112 Å². The standard InChI is InChI=1S/C28H46N2/c1-6-9-19-11-15-26(4)23(27(19,5)29)13-16-25(3)21-12-17-28(30-7-2)14-8-10-22(28)20(21)18-24(25)26/h6,11,20-24,30H,1,7-10,12-18,29H2,2-5H3. The summed E-state index contributed by atoms with van der Waals surface area (Å²) >= 11 is 0. The summed E-state index contributed by atoms with van der Waals surface area (Å²) in [5, 5.41) is 4.03. The Morgan fingerprint density at radius 2 is 1.87 bits per heavy atom. The number of nitrogens with two attached hydrogens (primary N) is 1. The Morgan fingerprint density at radius 1 is 1.07 bits per heavy atom. The molecule has 9 atom stereocenters. The second-order valence-corrected chi connectivity index (χ2v) is 12.6. The van der Waals surface area contributed by atoms with Gasteiger partial charge in [0.05, 0.1) is 0 Å². The highest BCUT2D eigenvalue weighted by molar-refractivity contribution is 5.31. The Kier molecular flexibility index (Phi) is 4.92. The van der Waals surface area contributed by atoms with Gasteiger partial charge in [-0.2, -0.15) is 0 Å². The van der Waals surface area contributed by atoms with Crippen LogP contribution < -0.4 is 11.1 Å². The molecule has 4 saturated carbocycles.